The number of carbonyl (C=O) groups is 1. The molecular formula is C15H19N3O2. The molecular weight excluding hydrogens is 254 g/mol. The zero-order valence-electron chi connectivity index (χ0n) is 11.7. The third kappa shape index (κ3) is 2.16. The zero-order valence-corrected chi connectivity index (χ0v) is 11.7. The molecule has 3 N–H and O–H groups in total. The van der Waals surface area contributed by atoms with Crippen LogP contribution in [0.2, 0.25) is 0 Å². The Hall–Kier alpha value is -2.27. The van der Waals surface area contributed by atoms with E-state index in [9.17, 15) is 4.79 Å². The highest BCUT2D eigenvalue weighted by molar-refractivity contribution is 5.89. The molecule has 0 bridgehead atoms. The Bertz CT molecular complexity index is 648. The lowest BCUT2D eigenvalue weighted by atomic mass is 9.99. The molecule has 0 radical (unpaired) electrons. The number of methoxy groups -OCH3 is 1. The first kappa shape index (κ1) is 14.1. The van der Waals surface area contributed by atoms with Gasteiger partial charge in [0.05, 0.1) is 19.2 Å². The van der Waals surface area contributed by atoms with Crippen LogP contribution in [0.3, 0.4) is 0 Å². The van der Waals surface area contributed by atoms with Crippen LogP contribution in [-0.4, -0.2) is 30.2 Å². The number of primary amides is 1. The summed E-state index contributed by atoms with van der Waals surface area (Å²) in [6, 6.07) is 7.84. The Balaban J connectivity index is 2.53. The first-order chi connectivity index (χ1) is 9.57. The van der Waals surface area contributed by atoms with Gasteiger partial charge in [-0.25, -0.2) is 0 Å². The van der Waals surface area contributed by atoms with E-state index in [1.54, 1.807) is 14.2 Å². The van der Waals surface area contributed by atoms with Crippen LogP contribution >= 0.6 is 0 Å². The van der Waals surface area contributed by atoms with Gasteiger partial charge in [-0.2, -0.15) is 0 Å². The molecule has 1 aromatic carbocycles. The van der Waals surface area contributed by atoms with E-state index in [1.165, 1.54) is 6.08 Å². The lowest BCUT2D eigenvalue weighted by Gasteiger charge is -2.27. The van der Waals surface area contributed by atoms with Crippen LogP contribution in [0.25, 0.3) is 10.9 Å². The maximum atomic E-state index is 11.7. The van der Waals surface area contributed by atoms with Gasteiger partial charge >= 0.3 is 0 Å². The van der Waals surface area contributed by atoms with E-state index in [-0.39, 0.29) is 0 Å². The van der Waals surface area contributed by atoms with E-state index < -0.39 is 11.4 Å². The summed E-state index contributed by atoms with van der Waals surface area (Å²) in [4.78, 5) is 11.7. The molecule has 1 aromatic heterocycles. The Morgan fingerprint density at radius 2 is 2.25 bits per heavy atom. The Labute approximate surface area is 118 Å². The fourth-order valence-electron chi connectivity index (χ4n) is 2.32. The van der Waals surface area contributed by atoms with Gasteiger partial charge in [-0.3, -0.25) is 4.79 Å². The molecule has 0 fully saturated rings. The molecule has 1 heterocycles. The van der Waals surface area contributed by atoms with Gasteiger partial charge in [-0.05, 0) is 19.2 Å². The summed E-state index contributed by atoms with van der Waals surface area (Å²) in [5.74, 6) is 0.297. The van der Waals surface area contributed by atoms with Crippen molar-refractivity contribution in [3.8, 4) is 5.75 Å². The van der Waals surface area contributed by atoms with Crippen molar-refractivity contribution in [1.82, 2.24) is 9.88 Å². The molecule has 20 heavy (non-hydrogen) atoms. The molecule has 1 amide bonds. The van der Waals surface area contributed by atoms with Crippen molar-refractivity contribution in [2.45, 2.75) is 12.1 Å². The van der Waals surface area contributed by atoms with Gasteiger partial charge in [0.1, 0.15) is 11.3 Å². The molecule has 5 heteroatoms. The number of hydrogen-bond acceptors (Lipinski definition) is 3. The Morgan fingerprint density at radius 1 is 1.55 bits per heavy atom. The van der Waals surface area contributed by atoms with Gasteiger partial charge < -0.3 is 20.4 Å². The smallest absolute Gasteiger partial charge is 0.243 e. The Kier molecular flexibility index (Phi) is 3.81. The van der Waals surface area contributed by atoms with Crippen LogP contribution in [0, 0.1) is 0 Å². The minimum atomic E-state index is -0.993. The standard InChI is InChI=1S/C15H19N3O2/c1-4-15(17-2,14(16)19)10-18-9-13(20-3)11-7-5-6-8-12(11)18/h4-9,17H,1,10H2,2-3H3,(H2,16,19). The SMILES string of the molecule is C=CC(Cn1cc(OC)c2ccccc21)(NC)C(N)=O. The number of fused-ring (bicyclic) bond motifs is 1. The molecule has 0 aliphatic heterocycles. The average molecular weight is 273 g/mol. The fraction of sp³-hybridized carbons (Fsp3) is 0.267. The van der Waals surface area contributed by atoms with Crippen molar-refractivity contribution in [3.63, 3.8) is 0 Å². The first-order valence-electron chi connectivity index (χ1n) is 6.32. The minimum absolute atomic E-state index is 0.353. The van der Waals surface area contributed by atoms with Crippen molar-refractivity contribution in [1.29, 1.82) is 0 Å². The van der Waals surface area contributed by atoms with E-state index in [1.807, 2.05) is 35.0 Å². The monoisotopic (exact) mass is 273 g/mol. The number of para-hydroxylation sites is 1. The van der Waals surface area contributed by atoms with Gasteiger partial charge in [0.25, 0.3) is 0 Å². The van der Waals surface area contributed by atoms with E-state index >= 15 is 0 Å². The summed E-state index contributed by atoms with van der Waals surface area (Å²) in [6.45, 7) is 4.07. The zero-order chi connectivity index (χ0) is 14.8. The largest absolute Gasteiger partial charge is 0.495 e. The minimum Gasteiger partial charge on any atom is -0.495 e. The molecule has 0 aliphatic rings. The number of nitrogens with two attached hydrogens (primary N) is 1. The van der Waals surface area contributed by atoms with Gasteiger partial charge in [-0.1, -0.05) is 18.2 Å². The van der Waals surface area contributed by atoms with Crippen molar-refractivity contribution < 1.29 is 9.53 Å². The van der Waals surface area contributed by atoms with E-state index in [4.69, 9.17) is 10.5 Å². The van der Waals surface area contributed by atoms with Gasteiger partial charge in [0.15, 0.2) is 0 Å². The highest BCUT2D eigenvalue weighted by Crippen LogP contribution is 2.28. The molecule has 1 atom stereocenters. The molecule has 106 valence electrons. The highest BCUT2D eigenvalue weighted by atomic mass is 16.5. The van der Waals surface area contributed by atoms with E-state index in [2.05, 4.69) is 11.9 Å². The second-order valence-corrected chi connectivity index (χ2v) is 4.63. The van der Waals surface area contributed by atoms with Gasteiger partial charge in [-0.15, -0.1) is 6.58 Å². The number of carbonyl (C=O) groups excluding carboxylic acids is 1. The number of ether oxygens (including phenoxy) is 1. The topological polar surface area (TPSA) is 69.3 Å². The number of amides is 1. The van der Waals surface area contributed by atoms with Gasteiger partial charge in [0, 0.05) is 11.6 Å². The maximum Gasteiger partial charge on any atom is 0.243 e. The predicted octanol–water partition coefficient (Wildman–Crippen LogP) is 1.28. The summed E-state index contributed by atoms with van der Waals surface area (Å²) >= 11 is 0. The number of aromatic nitrogens is 1. The molecule has 2 aromatic rings. The summed E-state index contributed by atoms with van der Waals surface area (Å²) < 4.78 is 7.31. The van der Waals surface area contributed by atoms with Crippen LogP contribution in [0.1, 0.15) is 0 Å². The molecule has 0 spiro atoms. The predicted molar refractivity (Wildman–Crippen MR) is 79.7 cm³/mol. The number of nitrogens with zero attached hydrogens (tertiary/aromatic N) is 1. The molecule has 1 unspecified atom stereocenters. The van der Waals surface area contributed by atoms with E-state index in [0.717, 1.165) is 16.7 Å². The third-order valence-electron chi connectivity index (χ3n) is 3.63. The number of hydrogen-bond donors (Lipinski definition) is 2. The summed E-state index contributed by atoms with van der Waals surface area (Å²) in [5, 5.41) is 3.94. The quantitative estimate of drug-likeness (QED) is 0.779. The second kappa shape index (κ2) is 5.38. The highest BCUT2D eigenvalue weighted by Gasteiger charge is 2.32. The molecule has 0 saturated heterocycles. The molecule has 5 nitrogen and oxygen atoms in total. The molecule has 0 saturated carbocycles. The van der Waals surface area contributed by atoms with Crippen molar-refractivity contribution >= 4 is 16.8 Å². The van der Waals surface area contributed by atoms with Crippen LogP contribution < -0.4 is 15.8 Å². The second-order valence-electron chi connectivity index (χ2n) is 4.63. The van der Waals surface area contributed by atoms with Crippen LogP contribution in [0.4, 0.5) is 0 Å². The number of likely N-dealkylation sites (N-methyl/N-ethyl adjacent to an activating group) is 1. The number of benzene rings is 1. The van der Waals surface area contributed by atoms with Crippen molar-refractivity contribution in [2.75, 3.05) is 14.2 Å². The van der Waals surface area contributed by atoms with Crippen molar-refractivity contribution in [2.24, 2.45) is 5.73 Å². The lowest BCUT2D eigenvalue weighted by molar-refractivity contribution is -0.122. The van der Waals surface area contributed by atoms with Crippen LogP contribution in [0.15, 0.2) is 43.1 Å². The van der Waals surface area contributed by atoms with Crippen LogP contribution in [-0.2, 0) is 11.3 Å². The molecule has 2 rings (SSSR count). The Morgan fingerprint density at radius 3 is 2.80 bits per heavy atom. The number of nitrogens with one attached hydrogen (secondary N) is 1. The van der Waals surface area contributed by atoms with E-state index in [0.29, 0.717) is 6.54 Å². The lowest BCUT2D eigenvalue weighted by Crippen LogP contribution is -2.55. The summed E-state index contributed by atoms with van der Waals surface area (Å²) in [5.41, 5.74) is 5.49. The average Bonchev–Trinajstić information content (AvgIpc) is 2.82. The summed E-state index contributed by atoms with van der Waals surface area (Å²) in [7, 11) is 3.31. The van der Waals surface area contributed by atoms with Crippen molar-refractivity contribution in [3.05, 3.63) is 43.1 Å². The fourth-order valence-corrected chi connectivity index (χ4v) is 2.32. The number of rotatable bonds is 6. The van der Waals surface area contributed by atoms with Crippen LogP contribution in [0.5, 0.6) is 5.75 Å². The third-order valence-corrected chi connectivity index (χ3v) is 3.63. The maximum absolute atomic E-state index is 11.7. The first-order valence-corrected chi connectivity index (χ1v) is 6.32. The summed E-state index contributed by atoms with van der Waals surface area (Å²) in [6.07, 6.45) is 3.40. The molecule has 0 aliphatic carbocycles. The van der Waals surface area contributed by atoms with Gasteiger partial charge in [0.2, 0.25) is 5.91 Å². The normalized spacial score (nSPS) is 13.9.